The van der Waals surface area contributed by atoms with E-state index in [1.807, 2.05) is 66.9 Å². The largest absolute Gasteiger partial charge is 0.483 e. The molecular weight excluding hydrogens is 525 g/mol. The highest BCUT2D eigenvalue weighted by Gasteiger charge is 2.48. The average molecular weight is 553 g/mol. The van der Waals surface area contributed by atoms with E-state index in [1.165, 1.54) is 12.7 Å². The maximum Gasteiger partial charge on any atom is 0.296 e. The molecule has 5 aromatic rings. The molecule has 0 saturated carbocycles. The van der Waals surface area contributed by atoms with Gasteiger partial charge in [-0.1, -0.05) is 11.3 Å². The van der Waals surface area contributed by atoms with E-state index in [0.29, 0.717) is 46.2 Å². The molecule has 3 aromatic heterocycles. The van der Waals surface area contributed by atoms with Crippen molar-refractivity contribution in [2.45, 2.75) is 30.6 Å². The Labute approximate surface area is 238 Å². The number of halogens is 2. The molecule has 1 saturated heterocycles. The summed E-state index contributed by atoms with van der Waals surface area (Å²) in [5.74, 6) is -0.906. The summed E-state index contributed by atoms with van der Waals surface area (Å²) in [6.45, 7) is 2.11. The fraction of sp³-hybridized carbons (Fsp3) is 0.259. The number of nitrogens with zero attached hydrogens (tertiary/aromatic N) is 6. The first-order valence-corrected chi connectivity index (χ1v) is 13.4. The van der Waals surface area contributed by atoms with Crippen molar-refractivity contribution < 1.29 is 18.3 Å². The summed E-state index contributed by atoms with van der Waals surface area (Å²) in [6, 6.07) is 14.5. The molecular formula is C27H28B3F2N7O2. The van der Waals surface area contributed by atoms with E-state index in [0.717, 1.165) is 11.3 Å². The minimum atomic E-state index is -3.01. The molecule has 1 aliphatic heterocycles. The van der Waals surface area contributed by atoms with Gasteiger partial charge in [0, 0.05) is 30.9 Å². The van der Waals surface area contributed by atoms with Crippen LogP contribution in [0.15, 0.2) is 67.4 Å². The number of fused-ring (bicyclic) bond motifs is 2. The van der Waals surface area contributed by atoms with Crippen LogP contribution in [0.1, 0.15) is 12.0 Å². The highest BCUT2D eigenvalue weighted by Crippen LogP contribution is 2.38. The molecule has 1 aliphatic rings. The van der Waals surface area contributed by atoms with Gasteiger partial charge in [-0.25, -0.2) is 28.2 Å². The number of alkyl halides is 2. The molecule has 1 atom stereocenters. The number of anilines is 2. The molecule has 0 amide bonds. The lowest BCUT2D eigenvalue weighted by molar-refractivity contribution is -0.140. The number of ether oxygens (including phenoxy) is 2. The van der Waals surface area contributed by atoms with Gasteiger partial charge in [0.05, 0.1) is 17.4 Å². The molecule has 0 aliphatic carbocycles. The minimum Gasteiger partial charge on any atom is -0.483 e. The summed E-state index contributed by atoms with van der Waals surface area (Å²) < 4.78 is 44.3. The van der Waals surface area contributed by atoms with Gasteiger partial charge in [-0.2, -0.15) is 5.10 Å². The fourth-order valence-corrected chi connectivity index (χ4v) is 5.03. The SMILES string of the molecule is BC(B)(B)N1CCC(Oc2cccc3ncnc(Nc4ccc(Oc5ccn6ncnc6c5)c(C)c4)c23)C(F)(F)C1. The van der Waals surface area contributed by atoms with Crippen LogP contribution in [0, 0.1) is 6.92 Å². The molecule has 2 aromatic carbocycles. The van der Waals surface area contributed by atoms with Gasteiger partial charge in [0.1, 0.15) is 59.3 Å². The number of benzene rings is 2. The number of nitrogens with one attached hydrogen (secondary N) is 1. The number of piperidine rings is 1. The lowest BCUT2D eigenvalue weighted by Crippen LogP contribution is -2.62. The Morgan fingerprint density at radius 2 is 1.88 bits per heavy atom. The van der Waals surface area contributed by atoms with E-state index in [9.17, 15) is 0 Å². The maximum absolute atomic E-state index is 15.2. The lowest BCUT2D eigenvalue weighted by Gasteiger charge is -2.45. The third-order valence-corrected chi connectivity index (χ3v) is 7.29. The number of pyridine rings is 1. The highest BCUT2D eigenvalue weighted by atomic mass is 19.3. The van der Waals surface area contributed by atoms with Crippen LogP contribution in [0.25, 0.3) is 16.6 Å². The smallest absolute Gasteiger partial charge is 0.296 e. The Morgan fingerprint density at radius 3 is 2.66 bits per heavy atom. The molecule has 41 heavy (non-hydrogen) atoms. The number of rotatable bonds is 7. The van der Waals surface area contributed by atoms with Gasteiger partial charge in [0.2, 0.25) is 0 Å². The van der Waals surface area contributed by atoms with E-state index in [1.54, 1.807) is 27.7 Å². The first-order chi connectivity index (χ1) is 19.6. The predicted molar refractivity (Wildman–Crippen MR) is 161 cm³/mol. The summed E-state index contributed by atoms with van der Waals surface area (Å²) in [6.07, 6.45) is 3.67. The van der Waals surface area contributed by atoms with Crippen LogP contribution in [0.2, 0.25) is 0 Å². The second kappa shape index (κ2) is 10.3. The van der Waals surface area contributed by atoms with Gasteiger partial charge in [0.25, 0.3) is 5.92 Å². The first kappa shape index (κ1) is 27.0. The fourth-order valence-electron chi connectivity index (χ4n) is 5.03. The zero-order chi connectivity index (χ0) is 28.8. The summed E-state index contributed by atoms with van der Waals surface area (Å²) >= 11 is 0. The quantitative estimate of drug-likeness (QED) is 0.307. The molecule has 0 radical (unpaired) electrons. The van der Waals surface area contributed by atoms with E-state index < -0.39 is 12.0 Å². The number of aryl methyl sites for hydroxylation is 1. The van der Waals surface area contributed by atoms with Gasteiger partial charge in [0.15, 0.2) is 11.8 Å². The second-order valence-corrected chi connectivity index (χ2v) is 11.3. The number of likely N-dealkylation sites (tertiary alicyclic amines) is 1. The Morgan fingerprint density at radius 1 is 1.02 bits per heavy atom. The number of hydrogen-bond acceptors (Lipinski definition) is 8. The molecule has 9 nitrogen and oxygen atoms in total. The zero-order valence-corrected chi connectivity index (χ0v) is 23.3. The van der Waals surface area contributed by atoms with Crippen molar-refractivity contribution in [2.24, 2.45) is 0 Å². The van der Waals surface area contributed by atoms with Crippen molar-refractivity contribution in [1.82, 2.24) is 29.5 Å². The van der Waals surface area contributed by atoms with Gasteiger partial charge in [-0.15, -0.1) is 0 Å². The van der Waals surface area contributed by atoms with Crippen molar-refractivity contribution >= 4 is 51.6 Å². The van der Waals surface area contributed by atoms with E-state index in [4.69, 9.17) is 9.47 Å². The number of aromatic nitrogens is 5. The third kappa shape index (κ3) is 5.56. The van der Waals surface area contributed by atoms with Crippen LogP contribution in [0.3, 0.4) is 0 Å². The lowest BCUT2D eigenvalue weighted by atomic mass is 9.48. The number of hydrogen-bond donors (Lipinski definition) is 1. The van der Waals surface area contributed by atoms with Crippen LogP contribution >= 0.6 is 0 Å². The molecule has 14 heteroatoms. The van der Waals surface area contributed by atoms with E-state index in [-0.39, 0.29) is 18.2 Å². The van der Waals surface area contributed by atoms with Crippen molar-refractivity contribution in [2.75, 3.05) is 18.4 Å². The van der Waals surface area contributed by atoms with Crippen LogP contribution in [0.4, 0.5) is 20.3 Å². The van der Waals surface area contributed by atoms with Gasteiger partial charge < -0.3 is 19.7 Å². The average Bonchev–Trinajstić information content (AvgIpc) is 3.39. The molecule has 206 valence electrons. The molecule has 1 N–H and O–H groups in total. The standard InChI is InChI=1S/C27H28B3F2N7O2/c1-16-11-17(5-6-20(16)40-18-7-10-39-23(12-18)34-15-36-39)37-25-24-19(33-14-35-25)3-2-4-21(24)41-22-8-9-38(27(28,29)30)13-26(22,31)32/h2-7,10-12,14-15,22H,8-9,13,28-30H2,1H3,(H,33,35,37). The monoisotopic (exact) mass is 553 g/mol. The van der Waals surface area contributed by atoms with Gasteiger partial charge in [-0.05, 0) is 48.9 Å². The molecule has 1 unspecified atom stereocenters. The molecule has 4 heterocycles. The van der Waals surface area contributed by atoms with Crippen LogP contribution < -0.4 is 14.8 Å². The van der Waals surface area contributed by atoms with Crippen molar-refractivity contribution in [3.05, 3.63) is 72.9 Å². The van der Waals surface area contributed by atoms with Gasteiger partial charge in [-0.3, -0.25) is 0 Å². The summed E-state index contributed by atoms with van der Waals surface area (Å²) in [5.41, 5.74) is 2.92. The molecule has 1 fully saturated rings. The summed E-state index contributed by atoms with van der Waals surface area (Å²) in [5, 5.41) is 7.62. The Kier molecular flexibility index (Phi) is 6.81. The Bertz CT molecular complexity index is 1730. The molecule has 6 rings (SSSR count). The normalized spacial score (nSPS) is 17.5. The van der Waals surface area contributed by atoms with E-state index in [2.05, 4.69) is 25.4 Å². The van der Waals surface area contributed by atoms with Crippen molar-refractivity contribution in [3.63, 3.8) is 0 Å². The summed E-state index contributed by atoms with van der Waals surface area (Å²) in [4.78, 5) is 14.8. The highest BCUT2D eigenvalue weighted by molar-refractivity contribution is 6.59. The third-order valence-electron chi connectivity index (χ3n) is 7.29. The maximum atomic E-state index is 15.2. The Balaban J connectivity index is 1.24. The molecule has 0 spiro atoms. The van der Waals surface area contributed by atoms with E-state index >= 15 is 8.78 Å². The molecule has 0 bridgehead atoms. The minimum absolute atomic E-state index is 0.210. The van der Waals surface area contributed by atoms with Crippen LogP contribution in [0.5, 0.6) is 17.2 Å². The van der Waals surface area contributed by atoms with Crippen LogP contribution in [-0.2, 0) is 0 Å². The summed E-state index contributed by atoms with van der Waals surface area (Å²) in [7, 11) is 5.84. The van der Waals surface area contributed by atoms with Crippen molar-refractivity contribution in [3.8, 4) is 17.2 Å². The topological polar surface area (TPSA) is 89.7 Å². The first-order valence-electron chi connectivity index (χ1n) is 13.4. The Hall–Kier alpha value is -4.19. The second-order valence-electron chi connectivity index (χ2n) is 11.3. The van der Waals surface area contributed by atoms with Crippen molar-refractivity contribution in [1.29, 1.82) is 0 Å². The van der Waals surface area contributed by atoms with Gasteiger partial charge >= 0.3 is 0 Å². The zero-order valence-electron chi connectivity index (χ0n) is 23.3. The predicted octanol–water partition coefficient (Wildman–Crippen LogP) is 2.12. The van der Waals surface area contributed by atoms with Crippen LogP contribution in [-0.4, -0.2) is 83.4 Å².